The molecular weight excluding hydrogens is 286 g/mol. The van der Waals surface area contributed by atoms with E-state index in [-0.39, 0.29) is 5.82 Å². The van der Waals surface area contributed by atoms with E-state index in [2.05, 4.69) is 0 Å². The van der Waals surface area contributed by atoms with Crippen molar-refractivity contribution in [3.8, 4) is 0 Å². The second-order valence-corrected chi connectivity index (χ2v) is 5.13. The average Bonchev–Trinajstić information content (AvgIpc) is 2.30. The molecule has 2 nitrogen and oxygen atoms in total. The molecule has 0 fully saturated rings. The van der Waals surface area contributed by atoms with E-state index in [4.69, 9.17) is 28.9 Å². The molecule has 100 valence electrons. The third-order valence-corrected chi connectivity index (χ3v) is 3.33. The first-order valence-electron chi connectivity index (χ1n) is 5.67. The Morgan fingerprint density at radius 1 is 1.11 bits per heavy atom. The lowest BCUT2D eigenvalue weighted by molar-refractivity contribution is 0.627. The van der Waals surface area contributed by atoms with Gasteiger partial charge in [-0.2, -0.15) is 0 Å². The maximum atomic E-state index is 12.8. The third kappa shape index (κ3) is 3.31. The Bertz CT molecular complexity index is 561. The standard InChI is InChI=1S/C14H13Cl2FN2/c1-19(8-9-2-4-10(17)5-3-9)14-12(15)6-11(18)7-13(14)16/h2-7H,8,18H2,1H3. The maximum absolute atomic E-state index is 12.8. The number of hydrogen-bond donors (Lipinski definition) is 1. The number of nitrogen functional groups attached to an aromatic ring is 1. The van der Waals surface area contributed by atoms with E-state index in [1.165, 1.54) is 12.1 Å². The summed E-state index contributed by atoms with van der Waals surface area (Å²) in [5.74, 6) is -0.255. The molecule has 0 aliphatic carbocycles. The van der Waals surface area contributed by atoms with Gasteiger partial charge in [-0.25, -0.2) is 4.39 Å². The summed E-state index contributed by atoms with van der Waals surface area (Å²) in [5.41, 5.74) is 7.87. The Kier molecular flexibility index (Phi) is 4.17. The molecule has 0 heterocycles. The van der Waals surface area contributed by atoms with E-state index in [0.717, 1.165) is 5.56 Å². The van der Waals surface area contributed by atoms with Crippen LogP contribution in [-0.2, 0) is 6.54 Å². The molecule has 0 unspecified atom stereocenters. The lowest BCUT2D eigenvalue weighted by Gasteiger charge is -2.22. The first kappa shape index (κ1) is 14.0. The number of benzene rings is 2. The molecule has 19 heavy (non-hydrogen) atoms. The minimum Gasteiger partial charge on any atom is -0.399 e. The van der Waals surface area contributed by atoms with Gasteiger partial charge < -0.3 is 10.6 Å². The van der Waals surface area contributed by atoms with Crippen LogP contribution in [0.5, 0.6) is 0 Å². The Labute approximate surface area is 121 Å². The molecule has 0 saturated heterocycles. The van der Waals surface area contributed by atoms with Crippen LogP contribution in [0.2, 0.25) is 10.0 Å². The van der Waals surface area contributed by atoms with Crippen LogP contribution < -0.4 is 10.6 Å². The summed E-state index contributed by atoms with van der Waals surface area (Å²) in [7, 11) is 1.87. The normalized spacial score (nSPS) is 10.5. The van der Waals surface area contributed by atoms with Crippen molar-refractivity contribution >= 4 is 34.6 Å². The van der Waals surface area contributed by atoms with Gasteiger partial charge in [-0.1, -0.05) is 35.3 Å². The third-order valence-electron chi connectivity index (χ3n) is 2.75. The Hall–Kier alpha value is -1.45. The highest BCUT2D eigenvalue weighted by atomic mass is 35.5. The van der Waals surface area contributed by atoms with Crippen molar-refractivity contribution in [1.29, 1.82) is 0 Å². The molecule has 2 aromatic rings. The smallest absolute Gasteiger partial charge is 0.123 e. The molecule has 0 spiro atoms. The molecule has 0 aliphatic rings. The molecule has 5 heteroatoms. The van der Waals surface area contributed by atoms with Crippen LogP contribution in [0.25, 0.3) is 0 Å². The molecule has 2 N–H and O–H groups in total. The summed E-state index contributed by atoms with van der Waals surface area (Å²) >= 11 is 12.3. The molecular formula is C14H13Cl2FN2. The van der Waals surface area contributed by atoms with E-state index in [1.807, 2.05) is 11.9 Å². The van der Waals surface area contributed by atoms with Crippen LogP contribution in [0.15, 0.2) is 36.4 Å². The molecule has 0 bridgehead atoms. The number of nitrogens with zero attached hydrogens (tertiary/aromatic N) is 1. The van der Waals surface area contributed by atoms with Gasteiger partial charge in [0.1, 0.15) is 5.82 Å². The fourth-order valence-electron chi connectivity index (χ4n) is 1.89. The quantitative estimate of drug-likeness (QED) is 0.854. The predicted octanol–water partition coefficient (Wildman–Crippen LogP) is 4.35. The van der Waals surface area contributed by atoms with Crippen LogP contribution in [0.4, 0.5) is 15.8 Å². The number of anilines is 2. The lowest BCUT2D eigenvalue weighted by atomic mass is 10.2. The predicted molar refractivity (Wildman–Crippen MR) is 79.4 cm³/mol. The zero-order valence-corrected chi connectivity index (χ0v) is 11.8. The molecule has 2 rings (SSSR count). The van der Waals surface area contributed by atoms with Gasteiger partial charge in [0.25, 0.3) is 0 Å². The molecule has 0 amide bonds. The summed E-state index contributed by atoms with van der Waals surface area (Å²) in [6.45, 7) is 0.573. The topological polar surface area (TPSA) is 29.3 Å². The van der Waals surface area contributed by atoms with Crippen LogP contribution in [0.3, 0.4) is 0 Å². The largest absolute Gasteiger partial charge is 0.399 e. The number of hydrogen-bond acceptors (Lipinski definition) is 2. The molecule has 2 aromatic carbocycles. The summed E-state index contributed by atoms with van der Waals surface area (Å²) in [6, 6.07) is 9.62. The molecule has 0 radical (unpaired) electrons. The fraction of sp³-hybridized carbons (Fsp3) is 0.143. The van der Waals surface area contributed by atoms with E-state index in [9.17, 15) is 4.39 Å². The molecule has 0 aromatic heterocycles. The van der Waals surface area contributed by atoms with Crippen LogP contribution in [0, 0.1) is 5.82 Å². The highest BCUT2D eigenvalue weighted by Crippen LogP contribution is 2.35. The number of rotatable bonds is 3. The lowest BCUT2D eigenvalue weighted by Crippen LogP contribution is -2.17. The summed E-state index contributed by atoms with van der Waals surface area (Å²) in [4.78, 5) is 1.90. The fourth-order valence-corrected chi connectivity index (χ4v) is 2.69. The summed E-state index contributed by atoms with van der Waals surface area (Å²) in [6.07, 6.45) is 0. The van der Waals surface area contributed by atoms with Gasteiger partial charge in [0.2, 0.25) is 0 Å². The average molecular weight is 299 g/mol. The molecule has 0 atom stereocenters. The Morgan fingerprint density at radius 2 is 1.63 bits per heavy atom. The Morgan fingerprint density at radius 3 is 2.16 bits per heavy atom. The van der Waals surface area contributed by atoms with E-state index < -0.39 is 0 Å². The SMILES string of the molecule is CN(Cc1ccc(F)cc1)c1c(Cl)cc(N)cc1Cl. The molecule has 0 aliphatic heterocycles. The van der Waals surface area contributed by atoms with Crippen molar-refractivity contribution < 1.29 is 4.39 Å². The van der Waals surface area contributed by atoms with Crippen LogP contribution in [-0.4, -0.2) is 7.05 Å². The second kappa shape index (κ2) is 5.68. The van der Waals surface area contributed by atoms with E-state index >= 15 is 0 Å². The van der Waals surface area contributed by atoms with Gasteiger partial charge >= 0.3 is 0 Å². The highest BCUT2D eigenvalue weighted by Gasteiger charge is 2.12. The Balaban J connectivity index is 2.25. The van der Waals surface area contributed by atoms with E-state index in [0.29, 0.717) is 28.0 Å². The van der Waals surface area contributed by atoms with Crippen LogP contribution >= 0.6 is 23.2 Å². The van der Waals surface area contributed by atoms with Crippen molar-refractivity contribution in [2.75, 3.05) is 17.7 Å². The number of halogens is 3. The van der Waals surface area contributed by atoms with Crippen LogP contribution in [0.1, 0.15) is 5.56 Å². The van der Waals surface area contributed by atoms with Gasteiger partial charge in [0.15, 0.2) is 0 Å². The summed E-state index contributed by atoms with van der Waals surface area (Å²) < 4.78 is 12.8. The van der Waals surface area contributed by atoms with E-state index in [1.54, 1.807) is 24.3 Å². The minimum absolute atomic E-state index is 0.255. The van der Waals surface area contributed by atoms with Gasteiger partial charge in [0.05, 0.1) is 15.7 Å². The van der Waals surface area contributed by atoms with Gasteiger partial charge in [-0.15, -0.1) is 0 Å². The van der Waals surface area contributed by atoms with Gasteiger partial charge in [-0.05, 0) is 29.8 Å². The van der Waals surface area contributed by atoms with Gasteiger partial charge in [0, 0.05) is 19.3 Å². The molecule has 0 saturated carbocycles. The maximum Gasteiger partial charge on any atom is 0.123 e. The summed E-state index contributed by atoms with van der Waals surface area (Å²) in [5, 5.41) is 0.990. The zero-order chi connectivity index (χ0) is 14.0. The highest BCUT2D eigenvalue weighted by molar-refractivity contribution is 6.39. The minimum atomic E-state index is -0.255. The first-order valence-corrected chi connectivity index (χ1v) is 6.43. The second-order valence-electron chi connectivity index (χ2n) is 4.32. The zero-order valence-electron chi connectivity index (χ0n) is 10.3. The van der Waals surface area contributed by atoms with Crippen molar-refractivity contribution in [3.63, 3.8) is 0 Å². The van der Waals surface area contributed by atoms with Gasteiger partial charge in [-0.3, -0.25) is 0 Å². The monoisotopic (exact) mass is 298 g/mol. The van der Waals surface area contributed by atoms with Crippen molar-refractivity contribution in [2.45, 2.75) is 6.54 Å². The van der Waals surface area contributed by atoms with Crippen molar-refractivity contribution in [2.24, 2.45) is 0 Å². The number of nitrogens with two attached hydrogens (primary N) is 1. The van der Waals surface area contributed by atoms with Crippen molar-refractivity contribution in [3.05, 3.63) is 57.8 Å². The van der Waals surface area contributed by atoms with Crippen molar-refractivity contribution in [1.82, 2.24) is 0 Å². The first-order chi connectivity index (χ1) is 8.97.